The molecule has 0 unspecified atom stereocenters. The minimum atomic E-state index is -0.388. The SMILES string of the molecule is CC(=O)NN=CC=C1OC(C)(C)C(C)(C)O1. The molecule has 0 aromatic rings. The predicted octanol–water partition coefficient (Wildman–Crippen LogP) is 1.55. The summed E-state index contributed by atoms with van der Waals surface area (Å²) in [6, 6.07) is 0. The van der Waals surface area contributed by atoms with E-state index in [1.807, 2.05) is 27.7 Å². The predicted molar refractivity (Wildman–Crippen MR) is 60.7 cm³/mol. The van der Waals surface area contributed by atoms with Crippen LogP contribution < -0.4 is 5.43 Å². The third kappa shape index (κ3) is 2.74. The molecule has 0 saturated carbocycles. The maximum absolute atomic E-state index is 10.5. The van der Waals surface area contributed by atoms with E-state index in [9.17, 15) is 4.79 Å². The van der Waals surface area contributed by atoms with E-state index in [0.717, 1.165) is 0 Å². The molecule has 0 aromatic carbocycles. The van der Waals surface area contributed by atoms with Crippen LogP contribution in [-0.2, 0) is 14.3 Å². The van der Waals surface area contributed by atoms with Crippen LogP contribution in [0.15, 0.2) is 17.1 Å². The average molecular weight is 226 g/mol. The Kier molecular flexibility index (Phi) is 3.26. The van der Waals surface area contributed by atoms with E-state index in [1.165, 1.54) is 13.1 Å². The fourth-order valence-corrected chi connectivity index (χ4v) is 1.06. The van der Waals surface area contributed by atoms with Crippen molar-refractivity contribution in [2.45, 2.75) is 45.8 Å². The van der Waals surface area contributed by atoms with Gasteiger partial charge in [0.25, 0.3) is 5.95 Å². The number of nitrogens with one attached hydrogen (secondary N) is 1. The molecule has 0 aromatic heterocycles. The zero-order valence-corrected chi connectivity index (χ0v) is 10.3. The highest BCUT2D eigenvalue weighted by molar-refractivity contribution is 5.76. The molecule has 0 atom stereocenters. The quantitative estimate of drug-likeness (QED) is 0.574. The minimum absolute atomic E-state index is 0.219. The van der Waals surface area contributed by atoms with Crippen LogP contribution in [0.3, 0.4) is 0 Å². The van der Waals surface area contributed by atoms with Crippen molar-refractivity contribution < 1.29 is 14.3 Å². The van der Waals surface area contributed by atoms with Gasteiger partial charge in [0.2, 0.25) is 5.91 Å². The van der Waals surface area contributed by atoms with Gasteiger partial charge in [0.15, 0.2) is 0 Å². The van der Waals surface area contributed by atoms with E-state index in [4.69, 9.17) is 9.47 Å². The van der Waals surface area contributed by atoms with Crippen LogP contribution in [0.5, 0.6) is 0 Å². The average Bonchev–Trinajstić information content (AvgIpc) is 2.29. The highest BCUT2D eigenvalue weighted by atomic mass is 16.7. The number of nitrogens with zero attached hydrogens (tertiary/aromatic N) is 1. The maximum Gasteiger partial charge on any atom is 0.282 e. The first kappa shape index (κ1) is 12.5. The molecule has 1 N–H and O–H groups in total. The molecule has 1 fully saturated rings. The maximum atomic E-state index is 10.5. The summed E-state index contributed by atoms with van der Waals surface area (Å²) < 4.78 is 11.2. The Hall–Kier alpha value is -1.52. The molecule has 0 aliphatic carbocycles. The molecule has 1 aliphatic rings. The standard InChI is InChI=1S/C11H18N2O3/c1-8(14)13-12-7-6-9-15-10(2,3)11(4,5)16-9/h6-7H,1-5H3,(H,13,14). The summed E-state index contributed by atoms with van der Waals surface area (Å²) in [5.41, 5.74) is 1.51. The van der Waals surface area contributed by atoms with Crippen molar-refractivity contribution >= 4 is 12.1 Å². The van der Waals surface area contributed by atoms with Gasteiger partial charge in [-0.3, -0.25) is 4.79 Å². The van der Waals surface area contributed by atoms with Crippen molar-refractivity contribution in [3.8, 4) is 0 Å². The normalized spacial score (nSPS) is 21.4. The van der Waals surface area contributed by atoms with Crippen LogP contribution in [-0.4, -0.2) is 23.3 Å². The third-order valence-electron chi connectivity index (χ3n) is 2.67. The Bertz CT molecular complexity index is 325. The number of hydrazone groups is 1. The van der Waals surface area contributed by atoms with E-state index >= 15 is 0 Å². The van der Waals surface area contributed by atoms with Crippen molar-refractivity contribution in [1.29, 1.82) is 0 Å². The van der Waals surface area contributed by atoms with Crippen LogP contribution in [0.4, 0.5) is 0 Å². The third-order valence-corrected chi connectivity index (χ3v) is 2.67. The summed E-state index contributed by atoms with van der Waals surface area (Å²) in [6.45, 7) is 9.22. The molecular weight excluding hydrogens is 208 g/mol. The first-order valence-electron chi connectivity index (χ1n) is 5.12. The molecule has 5 nitrogen and oxygen atoms in total. The summed E-state index contributed by atoms with van der Waals surface area (Å²) >= 11 is 0. The van der Waals surface area contributed by atoms with Gasteiger partial charge in [-0.1, -0.05) is 0 Å². The van der Waals surface area contributed by atoms with Crippen LogP contribution in [0, 0.1) is 0 Å². The van der Waals surface area contributed by atoms with Crippen molar-refractivity contribution in [2.75, 3.05) is 0 Å². The van der Waals surface area contributed by atoms with Crippen LogP contribution in [0.1, 0.15) is 34.6 Å². The monoisotopic (exact) mass is 226 g/mol. The second-order valence-corrected chi connectivity index (χ2v) is 4.66. The lowest BCUT2D eigenvalue weighted by Crippen LogP contribution is -2.41. The van der Waals surface area contributed by atoms with Crippen LogP contribution in [0.2, 0.25) is 0 Å². The Morgan fingerprint density at radius 1 is 1.25 bits per heavy atom. The lowest BCUT2D eigenvalue weighted by molar-refractivity contribution is -0.118. The van der Waals surface area contributed by atoms with Gasteiger partial charge in [-0.25, -0.2) is 5.43 Å². The van der Waals surface area contributed by atoms with E-state index in [-0.39, 0.29) is 17.1 Å². The summed E-state index contributed by atoms with van der Waals surface area (Å²) in [6.07, 6.45) is 3.00. The Labute approximate surface area is 95.5 Å². The number of carbonyl (C=O) groups is 1. The molecule has 90 valence electrons. The molecule has 1 saturated heterocycles. The van der Waals surface area contributed by atoms with E-state index in [2.05, 4.69) is 10.5 Å². The van der Waals surface area contributed by atoms with Gasteiger partial charge in [0.05, 0.1) is 6.21 Å². The smallest absolute Gasteiger partial charge is 0.282 e. The van der Waals surface area contributed by atoms with Crippen molar-refractivity contribution in [2.24, 2.45) is 5.10 Å². The van der Waals surface area contributed by atoms with E-state index < -0.39 is 0 Å². The molecule has 1 rings (SSSR count). The fourth-order valence-electron chi connectivity index (χ4n) is 1.06. The number of hydrogen-bond donors (Lipinski definition) is 1. The molecule has 1 amide bonds. The second kappa shape index (κ2) is 4.15. The molecule has 16 heavy (non-hydrogen) atoms. The number of carbonyl (C=O) groups excluding carboxylic acids is 1. The topological polar surface area (TPSA) is 59.9 Å². The van der Waals surface area contributed by atoms with Gasteiger partial charge >= 0.3 is 0 Å². The van der Waals surface area contributed by atoms with Gasteiger partial charge in [0, 0.05) is 13.0 Å². The number of amides is 1. The second-order valence-electron chi connectivity index (χ2n) is 4.66. The molecule has 1 aliphatic heterocycles. The Balaban J connectivity index is 2.62. The molecule has 0 bridgehead atoms. The van der Waals surface area contributed by atoms with Gasteiger partial charge in [-0.2, -0.15) is 5.10 Å². The minimum Gasteiger partial charge on any atom is -0.455 e. The van der Waals surface area contributed by atoms with Crippen LogP contribution >= 0.6 is 0 Å². The summed E-state index contributed by atoms with van der Waals surface area (Å²) in [4.78, 5) is 10.5. The molecule has 5 heteroatoms. The summed E-state index contributed by atoms with van der Waals surface area (Å²) in [5.74, 6) is 0.188. The number of rotatable bonds is 2. The van der Waals surface area contributed by atoms with E-state index in [0.29, 0.717) is 5.95 Å². The zero-order chi connectivity index (χ0) is 12.4. The lowest BCUT2D eigenvalue weighted by atomic mass is 9.90. The van der Waals surface area contributed by atoms with Crippen molar-refractivity contribution in [3.05, 3.63) is 12.0 Å². The van der Waals surface area contributed by atoms with Gasteiger partial charge in [-0.05, 0) is 27.7 Å². The molecule has 1 heterocycles. The van der Waals surface area contributed by atoms with Crippen LogP contribution in [0.25, 0.3) is 0 Å². The first-order chi connectivity index (χ1) is 7.24. The van der Waals surface area contributed by atoms with Crippen molar-refractivity contribution in [1.82, 2.24) is 5.43 Å². The summed E-state index contributed by atoms with van der Waals surface area (Å²) in [5, 5.41) is 3.67. The van der Waals surface area contributed by atoms with E-state index in [1.54, 1.807) is 6.08 Å². The van der Waals surface area contributed by atoms with Gasteiger partial charge in [0.1, 0.15) is 11.2 Å². The lowest BCUT2D eigenvalue weighted by Gasteiger charge is -2.28. The number of allylic oxidation sites excluding steroid dienone is 1. The molecule has 0 spiro atoms. The molecular formula is C11H18N2O3. The van der Waals surface area contributed by atoms with Gasteiger partial charge in [-0.15, -0.1) is 0 Å². The number of ether oxygens (including phenoxy) is 2. The summed E-state index contributed by atoms with van der Waals surface area (Å²) in [7, 11) is 0. The van der Waals surface area contributed by atoms with Gasteiger partial charge < -0.3 is 9.47 Å². The Morgan fingerprint density at radius 2 is 1.75 bits per heavy atom. The zero-order valence-electron chi connectivity index (χ0n) is 10.3. The fraction of sp³-hybridized carbons (Fsp3) is 0.636. The number of hydrogen-bond acceptors (Lipinski definition) is 4. The first-order valence-corrected chi connectivity index (χ1v) is 5.12. The highest BCUT2D eigenvalue weighted by Gasteiger charge is 2.48. The largest absolute Gasteiger partial charge is 0.455 e. The molecule has 0 radical (unpaired) electrons. The Morgan fingerprint density at radius 3 is 2.19 bits per heavy atom. The highest BCUT2D eigenvalue weighted by Crippen LogP contribution is 2.39. The van der Waals surface area contributed by atoms with Crippen molar-refractivity contribution in [3.63, 3.8) is 0 Å².